The highest BCUT2D eigenvalue weighted by molar-refractivity contribution is 5.84. The van der Waals surface area contributed by atoms with Gasteiger partial charge in [-0.2, -0.15) is 0 Å². The van der Waals surface area contributed by atoms with Crippen molar-refractivity contribution in [2.24, 2.45) is 0 Å². The number of carbonyl (C=O) groups is 1. The van der Waals surface area contributed by atoms with Crippen LogP contribution in [0.5, 0.6) is 5.75 Å². The number of pyridine rings is 1. The molecule has 1 aliphatic heterocycles. The molecule has 150 valence electrons. The van der Waals surface area contributed by atoms with Crippen LogP contribution >= 0.6 is 0 Å². The first kappa shape index (κ1) is 19.3. The van der Waals surface area contributed by atoms with Crippen LogP contribution in [0.3, 0.4) is 0 Å². The lowest BCUT2D eigenvalue weighted by atomic mass is 10.0. The minimum Gasteiger partial charge on any atom is -0.487 e. The highest BCUT2D eigenvalue weighted by Crippen LogP contribution is 2.27. The molecule has 2 aromatic carbocycles. The Morgan fingerprint density at radius 3 is 2.72 bits per heavy atom. The topological polar surface area (TPSA) is 62.7 Å². The highest BCUT2D eigenvalue weighted by Gasteiger charge is 2.32. The van der Waals surface area contributed by atoms with Gasteiger partial charge < -0.3 is 14.7 Å². The van der Waals surface area contributed by atoms with Gasteiger partial charge >= 0.3 is 0 Å². The third kappa shape index (κ3) is 4.35. The Morgan fingerprint density at radius 1 is 1.17 bits per heavy atom. The van der Waals surface area contributed by atoms with Crippen molar-refractivity contribution in [3.05, 3.63) is 71.9 Å². The molecule has 5 nitrogen and oxygen atoms in total. The lowest BCUT2D eigenvalue weighted by Gasteiger charge is -2.36. The van der Waals surface area contributed by atoms with E-state index in [-0.39, 0.29) is 24.4 Å². The third-order valence-electron chi connectivity index (χ3n) is 5.03. The van der Waals surface area contributed by atoms with Crippen molar-refractivity contribution in [3.63, 3.8) is 0 Å². The normalized spacial score (nSPS) is 19.3. The molecule has 3 aromatic rings. The standard InChI is InChI=1S/C22H20F2N2O3/c23-15-9-14(10-16(24)12-15)11-22(28)26-8-6-21(19(27)13-26)29-20-5-1-4-18-17(20)3-2-7-25-18/h1-5,7,9-10,12,19,21,27H,6,8,11,13H2/t19-,21-/m1/s1. The van der Waals surface area contributed by atoms with E-state index in [4.69, 9.17) is 4.74 Å². The number of likely N-dealkylation sites (tertiary alicyclic amines) is 1. The predicted octanol–water partition coefficient (Wildman–Crippen LogP) is 3.10. The summed E-state index contributed by atoms with van der Waals surface area (Å²) in [5.41, 5.74) is 1.07. The fourth-order valence-corrected chi connectivity index (χ4v) is 3.61. The maximum absolute atomic E-state index is 13.3. The van der Waals surface area contributed by atoms with E-state index < -0.39 is 23.8 Å². The van der Waals surface area contributed by atoms with Crippen molar-refractivity contribution in [3.8, 4) is 5.75 Å². The molecule has 1 amide bonds. The molecular weight excluding hydrogens is 378 g/mol. The number of aliphatic hydroxyl groups excluding tert-OH is 1. The molecule has 0 aliphatic carbocycles. The molecule has 1 aliphatic rings. The molecule has 0 spiro atoms. The van der Waals surface area contributed by atoms with Crippen LogP contribution in [-0.4, -0.2) is 46.2 Å². The highest BCUT2D eigenvalue weighted by atomic mass is 19.1. The summed E-state index contributed by atoms with van der Waals surface area (Å²) in [6.07, 6.45) is 0.693. The van der Waals surface area contributed by atoms with Crippen molar-refractivity contribution in [2.45, 2.75) is 25.0 Å². The number of nitrogens with zero attached hydrogens (tertiary/aromatic N) is 2. The number of amides is 1. The average Bonchev–Trinajstić information content (AvgIpc) is 2.69. The van der Waals surface area contributed by atoms with Crippen LogP contribution < -0.4 is 4.74 Å². The summed E-state index contributed by atoms with van der Waals surface area (Å²) in [6, 6.07) is 12.3. The summed E-state index contributed by atoms with van der Waals surface area (Å²) in [7, 11) is 0. The second kappa shape index (κ2) is 8.13. The molecule has 0 saturated carbocycles. The summed E-state index contributed by atoms with van der Waals surface area (Å²) in [5, 5.41) is 11.4. The van der Waals surface area contributed by atoms with Gasteiger partial charge in [0.25, 0.3) is 0 Å². The van der Waals surface area contributed by atoms with Gasteiger partial charge in [0.05, 0.1) is 18.5 Å². The van der Waals surface area contributed by atoms with Crippen molar-refractivity contribution in [1.29, 1.82) is 0 Å². The van der Waals surface area contributed by atoms with E-state index in [1.54, 1.807) is 6.20 Å². The van der Waals surface area contributed by atoms with Gasteiger partial charge in [0.2, 0.25) is 5.91 Å². The fourth-order valence-electron chi connectivity index (χ4n) is 3.61. The van der Waals surface area contributed by atoms with Gasteiger partial charge in [-0.25, -0.2) is 8.78 Å². The van der Waals surface area contributed by atoms with Gasteiger partial charge in [0, 0.05) is 30.6 Å². The van der Waals surface area contributed by atoms with E-state index in [9.17, 15) is 18.7 Å². The third-order valence-corrected chi connectivity index (χ3v) is 5.03. The zero-order valence-corrected chi connectivity index (χ0v) is 15.6. The van der Waals surface area contributed by atoms with Gasteiger partial charge in [-0.1, -0.05) is 6.07 Å². The largest absolute Gasteiger partial charge is 0.487 e. The molecule has 1 saturated heterocycles. The number of benzene rings is 2. The van der Waals surface area contributed by atoms with Gasteiger partial charge in [-0.05, 0) is 42.0 Å². The monoisotopic (exact) mass is 398 g/mol. The summed E-state index contributed by atoms with van der Waals surface area (Å²) in [5.74, 6) is -1.09. The maximum Gasteiger partial charge on any atom is 0.227 e. The van der Waals surface area contributed by atoms with Crippen LogP contribution in [0.25, 0.3) is 10.9 Å². The number of aliphatic hydroxyl groups is 1. The SMILES string of the molecule is O=C(Cc1cc(F)cc(F)c1)N1CC[C@@H](Oc2cccc3ncccc23)[C@H](O)C1. The Morgan fingerprint density at radius 2 is 1.97 bits per heavy atom. The van der Waals surface area contributed by atoms with Crippen molar-refractivity contribution in [1.82, 2.24) is 9.88 Å². The first-order valence-corrected chi connectivity index (χ1v) is 9.41. The molecule has 0 bridgehead atoms. The number of carbonyl (C=O) groups excluding carboxylic acids is 1. The van der Waals surface area contributed by atoms with Crippen molar-refractivity contribution < 1.29 is 23.4 Å². The first-order chi connectivity index (χ1) is 14.0. The number of rotatable bonds is 4. The molecule has 1 N–H and O–H groups in total. The molecule has 7 heteroatoms. The summed E-state index contributed by atoms with van der Waals surface area (Å²) < 4.78 is 32.7. The van der Waals surface area contributed by atoms with Gasteiger partial charge in [0.1, 0.15) is 29.6 Å². The molecule has 1 aromatic heterocycles. The molecule has 1 fully saturated rings. The van der Waals surface area contributed by atoms with Crippen LogP contribution in [0.1, 0.15) is 12.0 Å². The van der Waals surface area contributed by atoms with E-state index >= 15 is 0 Å². The molecule has 2 atom stereocenters. The number of hydrogen-bond acceptors (Lipinski definition) is 4. The van der Waals surface area contributed by atoms with Crippen molar-refractivity contribution >= 4 is 16.8 Å². The van der Waals surface area contributed by atoms with E-state index in [1.165, 1.54) is 4.90 Å². The lowest BCUT2D eigenvalue weighted by molar-refractivity contribution is -0.136. The predicted molar refractivity (Wildman–Crippen MR) is 103 cm³/mol. The second-order valence-corrected chi connectivity index (χ2v) is 7.13. The zero-order valence-electron chi connectivity index (χ0n) is 15.6. The Bertz CT molecular complexity index is 1020. The van der Waals surface area contributed by atoms with E-state index in [2.05, 4.69) is 4.98 Å². The van der Waals surface area contributed by atoms with Gasteiger partial charge in [-0.3, -0.25) is 9.78 Å². The second-order valence-electron chi connectivity index (χ2n) is 7.13. The minimum absolute atomic E-state index is 0.102. The van der Waals surface area contributed by atoms with Crippen LogP contribution in [0.2, 0.25) is 0 Å². The number of halogens is 2. The molecule has 2 heterocycles. The summed E-state index contributed by atoms with van der Waals surface area (Å²) in [6.45, 7) is 0.492. The number of fused-ring (bicyclic) bond motifs is 1. The molecular formula is C22H20F2N2O3. The molecule has 4 rings (SSSR count). The summed E-state index contributed by atoms with van der Waals surface area (Å²) >= 11 is 0. The van der Waals surface area contributed by atoms with Crippen LogP contribution in [-0.2, 0) is 11.2 Å². The molecule has 29 heavy (non-hydrogen) atoms. The Hall–Kier alpha value is -3.06. The zero-order chi connectivity index (χ0) is 20.4. The quantitative estimate of drug-likeness (QED) is 0.734. The number of piperidine rings is 1. The number of aromatic nitrogens is 1. The van der Waals surface area contributed by atoms with Crippen molar-refractivity contribution in [2.75, 3.05) is 13.1 Å². The first-order valence-electron chi connectivity index (χ1n) is 9.41. The van der Waals surface area contributed by atoms with E-state index in [1.807, 2.05) is 30.3 Å². The number of β-amino-alcohol motifs (C(OH)–C–C–N with tert-alkyl or cyclic N) is 1. The number of ether oxygens (including phenoxy) is 1. The fraction of sp³-hybridized carbons (Fsp3) is 0.273. The minimum atomic E-state index is -0.871. The van der Waals surface area contributed by atoms with Crippen LogP contribution in [0.4, 0.5) is 8.78 Å². The average molecular weight is 398 g/mol. The van der Waals surface area contributed by atoms with E-state index in [0.29, 0.717) is 18.7 Å². The summed E-state index contributed by atoms with van der Waals surface area (Å²) in [4.78, 5) is 18.3. The smallest absolute Gasteiger partial charge is 0.227 e. The Kier molecular flexibility index (Phi) is 5.40. The van der Waals surface area contributed by atoms with Gasteiger partial charge in [-0.15, -0.1) is 0 Å². The molecule has 0 radical (unpaired) electrons. The Labute approximate surface area is 166 Å². The Balaban J connectivity index is 1.40. The van der Waals surface area contributed by atoms with Crippen LogP contribution in [0, 0.1) is 11.6 Å². The van der Waals surface area contributed by atoms with Gasteiger partial charge in [0.15, 0.2) is 0 Å². The van der Waals surface area contributed by atoms with Crippen LogP contribution in [0.15, 0.2) is 54.7 Å². The van der Waals surface area contributed by atoms with E-state index in [0.717, 1.165) is 29.1 Å². The number of hydrogen-bond donors (Lipinski definition) is 1. The molecule has 0 unspecified atom stereocenters. The maximum atomic E-state index is 13.3. The lowest BCUT2D eigenvalue weighted by Crippen LogP contribution is -2.51.